The van der Waals surface area contributed by atoms with Gasteiger partial charge in [0.2, 0.25) is 11.5 Å². The highest BCUT2D eigenvalue weighted by Gasteiger charge is 2.26. The summed E-state index contributed by atoms with van der Waals surface area (Å²) in [4.78, 5) is 27.9. The zero-order valence-corrected chi connectivity index (χ0v) is 13.7. The lowest BCUT2D eigenvalue weighted by Crippen LogP contribution is -2.48. The molecule has 2 aromatic rings. The molecule has 0 aliphatic carbocycles. The minimum absolute atomic E-state index is 0.145. The summed E-state index contributed by atoms with van der Waals surface area (Å²) < 4.78 is 14.9. The zero-order chi connectivity index (χ0) is 17.1. The number of piperazine rings is 1. The smallest absolute Gasteiger partial charge is 0.374 e. The molecule has 24 heavy (non-hydrogen) atoms. The van der Waals surface area contributed by atoms with Gasteiger partial charge in [-0.2, -0.15) is 0 Å². The van der Waals surface area contributed by atoms with Crippen molar-refractivity contribution in [3.05, 3.63) is 41.2 Å². The molecule has 1 aliphatic rings. The molecule has 0 saturated carbocycles. The summed E-state index contributed by atoms with van der Waals surface area (Å²) in [7, 11) is 1.32. The molecule has 1 fully saturated rings. The van der Waals surface area contributed by atoms with Crippen molar-refractivity contribution in [2.45, 2.75) is 13.5 Å². The average Bonchev–Trinajstić information content (AvgIpc) is 3.23. The Hall–Kier alpha value is -2.61. The molecule has 128 valence electrons. The van der Waals surface area contributed by atoms with E-state index in [-0.39, 0.29) is 17.4 Å². The summed E-state index contributed by atoms with van der Waals surface area (Å²) >= 11 is 0. The molecule has 1 amide bonds. The van der Waals surface area contributed by atoms with Crippen molar-refractivity contribution in [2.24, 2.45) is 0 Å². The first-order valence-corrected chi connectivity index (χ1v) is 7.68. The standard InChI is InChI=1S/C16H19N3O5/c1-11-9-13(24-17-11)15(20)19-6-4-18(5-7-19)10-12-3-8-23-14(12)16(21)22-2/h3,8-9H,4-7,10H2,1-2H3. The summed E-state index contributed by atoms with van der Waals surface area (Å²) in [6.45, 7) is 4.93. The minimum atomic E-state index is -0.482. The maximum atomic E-state index is 12.3. The molecule has 8 nitrogen and oxygen atoms in total. The first kappa shape index (κ1) is 16.3. The van der Waals surface area contributed by atoms with Gasteiger partial charge in [-0.1, -0.05) is 5.16 Å². The normalized spacial score (nSPS) is 15.5. The van der Waals surface area contributed by atoms with Crippen molar-refractivity contribution >= 4 is 11.9 Å². The molecule has 0 N–H and O–H groups in total. The molecule has 0 aromatic carbocycles. The van der Waals surface area contributed by atoms with E-state index in [1.165, 1.54) is 13.4 Å². The SMILES string of the molecule is COC(=O)c1occc1CN1CCN(C(=O)c2cc(C)no2)CC1. The first-order valence-electron chi connectivity index (χ1n) is 7.68. The van der Waals surface area contributed by atoms with Crippen LogP contribution in [0.1, 0.15) is 32.4 Å². The Labute approximate surface area is 138 Å². The van der Waals surface area contributed by atoms with E-state index in [4.69, 9.17) is 13.7 Å². The molecule has 0 unspecified atom stereocenters. The van der Waals surface area contributed by atoms with Gasteiger partial charge in [0.15, 0.2) is 0 Å². The van der Waals surface area contributed by atoms with E-state index >= 15 is 0 Å². The second-order valence-corrected chi connectivity index (χ2v) is 5.67. The molecular formula is C16H19N3O5. The highest BCUT2D eigenvalue weighted by molar-refractivity contribution is 5.91. The van der Waals surface area contributed by atoms with Gasteiger partial charge < -0.3 is 18.6 Å². The van der Waals surface area contributed by atoms with Gasteiger partial charge >= 0.3 is 5.97 Å². The van der Waals surface area contributed by atoms with Gasteiger partial charge in [-0.15, -0.1) is 0 Å². The van der Waals surface area contributed by atoms with Gasteiger partial charge in [-0.05, 0) is 13.0 Å². The van der Waals surface area contributed by atoms with E-state index in [1.54, 1.807) is 24.0 Å². The maximum absolute atomic E-state index is 12.3. The van der Waals surface area contributed by atoms with Crippen molar-refractivity contribution in [1.29, 1.82) is 0 Å². The monoisotopic (exact) mass is 333 g/mol. The van der Waals surface area contributed by atoms with Crippen LogP contribution in [0.4, 0.5) is 0 Å². The molecule has 0 atom stereocenters. The number of furan rings is 1. The van der Waals surface area contributed by atoms with Crippen LogP contribution in [0.2, 0.25) is 0 Å². The quantitative estimate of drug-likeness (QED) is 0.780. The van der Waals surface area contributed by atoms with Gasteiger partial charge in [0.25, 0.3) is 5.91 Å². The third-order valence-electron chi connectivity index (χ3n) is 4.01. The largest absolute Gasteiger partial charge is 0.463 e. The second kappa shape index (κ2) is 6.88. The van der Waals surface area contributed by atoms with Crippen molar-refractivity contribution in [3.63, 3.8) is 0 Å². The molecular weight excluding hydrogens is 314 g/mol. The van der Waals surface area contributed by atoms with Gasteiger partial charge in [0, 0.05) is 44.4 Å². The third-order valence-corrected chi connectivity index (χ3v) is 4.01. The summed E-state index contributed by atoms with van der Waals surface area (Å²) in [5, 5.41) is 3.74. The van der Waals surface area contributed by atoms with Crippen LogP contribution in [0.5, 0.6) is 0 Å². The van der Waals surface area contributed by atoms with Crippen LogP contribution >= 0.6 is 0 Å². The van der Waals surface area contributed by atoms with Crippen LogP contribution in [0.3, 0.4) is 0 Å². The lowest BCUT2D eigenvalue weighted by atomic mass is 10.2. The molecule has 1 saturated heterocycles. The van der Waals surface area contributed by atoms with Crippen LogP contribution in [-0.4, -0.2) is 60.1 Å². The maximum Gasteiger partial charge on any atom is 0.374 e. The number of hydrogen-bond acceptors (Lipinski definition) is 7. The van der Waals surface area contributed by atoms with E-state index in [2.05, 4.69) is 10.1 Å². The lowest BCUT2D eigenvalue weighted by molar-refractivity contribution is 0.0556. The Bertz CT molecular complexity index is 728. The van der Waals surface area contributed by atoms with Crippen LogP contribution in [0.15, 0.2) is 27.3 Å². The predicted octanol–water partition coefficient (Wildman–Crippen LogP) is 1.32. The molecule has 8 heteroatoms. The molecule has 1 aliphatic heterocycles. The third kappa shape index (κ3) is 3.33. The van der Waals surface area contributed by atoms with Gasteiger partial charge in [-0.3, -0.25) is 9.69 Å². The van der Waals surface area contributed by atoms with Crippen LogP contribution in [-0.2, 0) is 11.3 Å². The fourth-order valence-corrected chi connectivity index (χ4v) is 2.70. The summed E-state index contributed by atoms with van der Waals surface area (Å²) in [5.41, 5.74) is 1.47. The Kier molecular flexibility index (Phi) is 4.66. The Balaban J connectivity index is 1.57. The second-order valence-electron chi connectivity index (χ2n) is 5.67. The summed E-state index contributed by atoms with van der Waals surface area (Å²) in [6, 6.07) is 3.41. The van der Waals surface area contributed by atoms with Crippen molar-refractivity contribution in [3.8, 4) is 0 Å². The number of nitrogens with zero attached hydrogens (tertiary/aromatic N) is 3. The zero-order valence-electron chi connectivity index (χ0n) is 13.7. The number of hydrogen-bond donors (Lipinski definition) is 0. The van der Waals surface area contributed by atoms with E-state index in [0.29, 0.717) is 38.4 Å². The highest BCUT2D eigenvalue weighted by Crippen LogP contribution is 2.16. The van der Waals surface area contributed by atoms with Crippen LogP contribution < -0.4 is 0 Å². The van der Waals surface area contributed by atoms with Gasteiger partial charge in [-0.25, -0.2) is 4.79 Å². The number of esters is 1. The van der Waals surface area contributed by atoms with Gasteiger partial charge in [0.05, 0.1) is 19.1 Å². The van der Waals surface area contributed by atoms with Crippen LogP contribution in [0.25, 0.3) is 0 Å². The number of rotatable bonds is 4. The van der Waals surface area contributed by atoms with E-state index < -0.39 is 5.97 Å². The van der Waals surface area contributed by atoms with Crippen molar-refractivity contribution in [1.82, 2.24) is 15.0 Å². The van der Waals surface area contributed by atoms with Crippen molar-refractivity contribution in [2.75, 3.05) is 33.3 Å². The Morgan fingerprint density at radius 2 is 2.04 bits per heavy atom. The number of carbonyl (C=O) groups excluding carboxylic acids is 2. The fraction of sp³-hybridized carbons (Fsp3) is 0.438. The number of ether oxygens (including phenoxy) is 1. The van der Waals surface area contributed by atoms with Crippen molar-refractivity contribution < 1.29 is 23.3 Å². The molecule has 2 aromatic heterocycles. The van der Waals surface area contributed by atoms with E-state index in [9.17, 15) is 9.59 Å². The minimum Gasteiger partial charge on any atom is -0.463 e. The molecule has 0 radical (unpaired) electrons. The molecule has 3 heterocycles. The lowest BCUT2D eigenvalue weighted by Gasteiger charge is -2.34. The highest BCUT2D eigenvalue weighted by atomic mass is 16.5. The Morgan fingerprint density at radius 3 is 2.67 bits per heavy atom. The first-order chi connectivity index (χ1) is 11.6. The molecule has 0 spiro atoms. The summed E-state index contributed by atoms with van der Waals surface area (Å²) in [5.74, 6) is -0.129. The van der Waals surface area contributed by atoms with Gasteiger partial charge in [0.1, 0.15) is 0 Å². The number of aryl methyl sites for hydroxylation is 1. The summed E-state index contributed by atoms with van der Waals surface area (Å²) in [6.07, 6.45) is 1.48. The fourth-order valence-electron chi connectivity index (χ4n) is 2.70. The average molecular weight is 333 g/mol. The number of amides is 1. The molecule has 0 bridgehead atoms. The Morgan fingerprint density at radius 1 is 1.29 bits per heavy atom. The number of carbonyl (C=O) groups is 2. The molecule has 3 rings (SSSR count). The van der Waals surface area contributed by atoms with E-state index in [0.717, 1.165) is 5.56 Å². The number of aromatic nitrogens is 1. The van der Waals surface area contributed by atoms with E-state index in [1.807, 2.05) is 0 Å². The number of methoxy groups -OCH3 is 1. The van der Waals surface area contributed by atoms with Crippen LogP contribution in [0, 0.1) is 6.92 Å². The predicted molar refractivity (Wildman–Crippen MR) is 82.5 cm³/mol. The topological polar surface area (TPSA) is 89.0 Å².